The third kappa shape index (κ3) is 5.84. The molecule has 0 aromatic heterocycles. The first kappa shape index (κ1) is 26.0. The van der Waals surface area contributed by atoms with Crippen LogP contribution in [0.3, 0.4) is 0 Å². The second kappa shape index (κ2) is 12.2. The lowest BCUT2D eigenvalue weighted by molar-refractivity contribution is 0.0467. The summed E-state index contributed by atoms with van der Waals surface area (Å²) in [6.07, 6.45) is 2.06. The molecule has 0 saturated heterocycles. The number of rotatable bonds is 11. The molecule has 4 rings (SSSR count). The maximum atomic E-state index is 12.9. The fraction of sp³-hybridized carbons (Fsp3) is 0.219. The number of para-hydroxylation sites is 3. The maximum absolute atomic E-state index is 12.9. The summed E-state index contributed by atoms with van der Waals surface area (Å²) in [6, 6.07) is 31.3. The van der Waals surface area contributed by atoms with E-state index in [1.165, 1.54) is 0 Å². The number of phenols is 1. The molecule has 190 valence electrons. The molecule has 0 unspecified atom stereocenters. The third-order valence-electron chi connectivity index (χ3n) is 6.28. The number of ether oxygens (including phenoxy) is 2. The van der Waals surface area contributed by atoms with Crippen molar-refractivity contribution in [2.45, 2.75) is 31.9 Å². The summed E-state index contributed by atoms with van der Waals surface area (Å²) in [6.45, 7) is 4.74. The minimum atomic E-state index is -1.62. The van der Waals surface area contributed by atoms with Gasteiger partial charge >= 0.3 is 0 Å². The van der Waals surface area contributed by atoms with E-state index in [0.717, 1.165) is 5.56 Å². The number of nitrogens with zero attached hydrogens (tertiary/aromatic N) is 1. The summed E-state index contributed by atoms with van der Waals surface area (Å²) in [5.74, 6) is 1.28. The van der Waals surface area contributed by atoms with Gasteiger partial charge in [0.25, 0.3) is 0 Å². The highest BCUT2D eigenvalue weighted by Crippen LogP contribution is 2.44. The Morgan fingerprint density at radius 1 is 0.730 bits per heavy atom. The van der Waals surface area contributed by atoms with Crippen molar-refractivity contribution in [2.24, 2.45) is 4.99 Å². The summed E-state index contributed by atoms with van der Waals surface area (Å²) in [4.78, 5) is 4.93. The van der Waals surface area contributed by atoms with E-state index >= 15 is 0 Å². The van der Waals surface area contributed by atoms with Gasteiger partial charge in [0.15, 0.2) is 0 Å². The largest absolute Gasteiger partial charge is 0.507 e. The quantitative estimate of drug-likeness (QED) is 0.245. The highest BCUT2D eigenvalue weighted by atomic mass is 16.5. The molecular formula is C32H33NO4. The van der Waals surface area contributed by atoms with Gasteiger partial charge in [0, 0.05) is 22.9 Å². The van der Waals surface area contributed by atoms with Crippen LogP contribution in [0.1, 0.15) is 36.1 Å². The number of aliphatic hydroxyl groups is 1. The van der Waals surface area contributed by atoms with Crippen LogP contribution in [0.5, 0.6) is 17.2 Å². The molecule has 0 heterocycles. The molecular weight excluding hydrogens is 462 g/mol. The van der Waals surface area contributed by atoms with E-state index in [1.54, 1.807) is 24.4 Å². The molecule has 2 N–H and O–H groups in total. The van der Waals surface area contributed by atoms with Crippen molar-refractivity contribution < 1.29 is 19.7 Å². The molecule has 0 spiro atoms. The van der Waals surface area contributed by atoms with E-state index < -0.39 is 11.6 Å². The standard InChI is InChI=1S/C32H33NO4/c1-3-36-29-20-12-9-17-26(29)32(35,27-18-10-13-21-30(27)37-4-2)31(22-24-14-6-5-7-15-24)33-23-25-16-8-11-19-28(25)34/h5-21,23,31,34-35H,3-4,22H2,1-2H3/t31-/m1/s1. The smallest absolute Gasteiger partial charge is 0.144 e. The van der Waals surface area contributed by atoms with Crippen molar-refractivity contribution in [3.05, 3.63) is 125 Å². The van der Waals surface area contributed by atoms with Gasteiger partial charge in [-0.15, -0.1) is 0 Å². The molecule has 4 aromatic carbocycles. The van der Waals surface area contributed by atoms with Crippen molar-refractivity contribution >= 4 is 6.21 Å². The Balaban J connectivity index is 1.96. The summed E-state index contributed by atoms with van der Waals surface area (Å²) in [7, 11) is 0. The number of benzene rings is 4. The Morgan fingerprint density at radius 3 is 1.81 bits per heavy atom. The number of aromatic hydroxyl groups is 1. The molecule has 1 atom stereocenters. The van der Waals surface area contributed by atoms with Crippen LogP contribution >= 0.6 is 0 Å². The molecule has 0 aliphatic rings. The first-order valence-electron chi connectivity index (χ1n) is 12.6. The predicted molar refractivity (Wildman–Crippen MR) is 148 cm³/mol. The maximum Gasteiger partial charge on any atom is 0.144 e. The van der Waals surface area contributed by atoms with Crippen LogP contribution in [0.15, 0.2) is 108 Å². The molecule has 4 aromatic rings. The van der Waals surface area contributed by atoms with Crippen LogP contribution in [-0.2, 0) is 12.0 Å². The average molecular weight is 496 g/mol. The van der Waals surface area contributed by atoms with Gasteiger partial charge in [-0.1, -0.05) is 78.9 Å². The fourth-order valence-corrected chi connectivity index (χ4v) is 4.54. The highest BCUT2D eigenvalue weighted by Gasteiger charge is 2.44. The van der Waals surface area contributed by atoms with Crippen LogP contribution in [-0.4, -0.2) is 35.7 Å². The predicted octanol–water partition coefficient (Wildman–Crippen LogP) is 6.16. The fourth-order valence-electron chi connectivity index (χ4n) is 4.54. The lowest BCUT2D eigenvalue weighted by atomic mass is 9.77. The van der Waals surface area contributed by atoms with Gasteiger partial charge in [0.05, 0.1) is 19.3 Å². The van der Waals surface area contributed by atoms with Crippen LogP contribution in [0, 0.1) is 0 Å². The van der Waals surface area contributed by atoms with Gasteiger partial charge in [-0.3, -0.25) is 4.99 Å². The monoisotopic (exact) mass is 495 g/mol. The number of hydrogen-bond acceptors (Lipinski definition) is 5. The Bertz CT molecular complexity index is 1270. The van der Waals surface area contributed by atoms with Crippen molar-refractivity contribution in [1.29, 1.82) is 0 Å². The van der Waals surface area contributed by atoms with Crippen LogP contribution in [0.25, 0.3) is 0 Å². The Labute approximate surface area is 218 Å². The average Bonchev–Trinajstić information content (AvgIpc) is 2.93. The molecule has 37 heavy (non-hydrogen) atoms. The van der Waals surface area contributed by atoms with Crippen LogP contribution in [0.4, 0.5) is 0 Å². The minimum absolute atomic E-state index is 0.123. The van der Waals surface area contributed by atoms with Gasteiger partial charge in [-0.25, -0.2) is 0 Å². The van der Waals surface area contributed by atoms with E-state index in [4.69, 9.17) is 14.5 Å². The highest BCUT2D eigenvalue weighted by molar-refractivity contribution is 5.83. The summed E-state index contributed by atoms with van der Waals surface area (Å²) < 4.78 is 12.0. The lowest BCUT2D eigenvalue weighted by Crippen LogP contribution is -2.42. The molecule has 0 fully saturated rings. The van der Waals surface area contributed by atoms with E-state index in [-0.39, 0.29) is 5.75 Å². The molecule has 0 aliphatic carbocycles. The molecule has 0 radical (unpaired) electrons. The van der Waals surface area contributed by atoms with E-state index in [0.29, 0.717) is 47.8 Å². The summed E-state index contributed by atoms with van der Waals surface area (Å²) in [5.41, 5.74) is 1.16. The Hall–Kier alpha value is -4.09. The Morgan fingerprint density at radius 2 is 1.24 bits per heavy atom. The van der Waals surface area contributed by atoms with Crippen molar-refractivity contribution in [2.75, 3.05) is 13.2 Å². The SMILES string of the molecule is CCOc1ccccc1C(O)(c1ccccc1OCC)[C@@H](Cc1ccccc1)N=Cc1ccccc1O. The molecule has 0 bridgehead atoms. The zero-order valence-electron chi connectivity index (χ0n) is 21.2. The second-order valence-electron chi connectivity index (χ2n) is 8.67. The van der Waals surface area contributed by atoms with Crippen LogP contribution < -0.4 is 9.47 Å². The Kier molecular flexibility index (Phi) is 8.60. The number of hydrogen-bond donors (Lipinski definition) is 2. The molecule has 0 aliphatic heterocycles. The molecule has 0 saturated carbocycles. The van der Waals surface area contributed by atoms with Crippen molar-refractivity contribution in [3.63, 3.8) is 0 Å². The van der Waals surface area contributed by atoms with Gasteiger partial charge in [0.1, 0.15) is 22.8 Å². The summed E-state index contributed by atoms with van der Waals surface area (Å²) >= 11 is 0. The van der Waals surface area contributed by atoms with Crippen molar-refractivity contribution in [3.8, 4) is 17.2 Å². The molecule has 0 amide bonds. The first-order valence-corrected chi connectivity index (χ1v) is 12.6. The van der Waals surface area contributed by atoms with E-state index in [1.807, 2.05) is 98.8 Å². The number of phenolic OH excluding ortho intramolecular Hbond substituents is 1. The molecule has 5 heteroatoms. The lowest BCUT2D eigenvalue weighted by Gasteiger charge is -2.37. The van der Waals surface area contributed by atoms with E-state index in [2.05, 4.69) is 0 Å². The first-order chi connectivity index (χ1) is 18.1. The summed E-state index contributed by atoms with van der Waals surface area (Å²) in [5, 5.41) is 23.3. The normalized spacial score (nSPS) is 12.4. The molecule has 5 nitrogen and oxygen atoms in total. The van der Waals surface area contributed by atoms with Crippen LogP contribution in [0.2, 0.25) is 0 Å². The topological polar surface area (TPSA) is 71.3 Å². The van der Waals surface area contributed by atoms with E-state index in [9.17, 15) is 10.2 Å². The van der Waals surface area contributed by atoms with Gasteiger partial charge in [-0.05, 0) is 50.1 Å². The zero-order chi connectivity index (χ0) is 26.1. The third-order valence-corrected chi connectivity index (χ3v) is 6.28. The van der Waals surface area contributed by atoms with Gasteiger partial charge in [0.2, 0.25) is 0 Å². The minimum Gasteiger partial charge on any atom is -0.507 e. The number of aliphatic imine (C=N–C) groups is 1. The van der Waals surface area contributed by atoms with Gasteiger partial charge < -0.3 is 19.7 Å². The van der Waals surface area contributed by atoms with Gasteiger partial charge in [-0.2, -0.15) is 0 Å². The second-order valence-corrected chi connectivity index (χ2v) is 8.67. The van der Waals surface area contributed by atoms with Crippen molar-refractivity contribution in [1.82, 2.24) is 0 Å². The zero-order valence-corrected chi connectivity index (χ0v) is 21.2.